The molecular weight excluding hydrogens is 420 g/mol. The Labute approximate surface area is 180 Å². The molecule has 6 nitrogen and oxygen atoms in total. The fourth-order valence-electron chi connectivity index (χ4n) is 4.22. The Bertz CT molecular complexity index is 1210. The van der Waals surface area contributed by atoms with Gasteiger partial charge in [-0.15, -0.1) is 0 Å². The van der Waals surface area contributed by atoms with Gasteiger partial charge < -0.3 is 9.72 Å². The van der Waals surface area contributed by atoms with Gasteiger partial charge in [0.1, 0.15) is 11.0 Å². The van der Waals surface area contributed by atoms with Crippen molar-refractivity contribution < 1.29 is 14.3 Å². The van der Waals surface area contributed by atoms with Crippen LogP contribution < -0.4 is 14.5 Å². The maximum absolute atomic E-state index is 13.6. The van der Waals surface area contributed by atoms with Crippen molar-refractivity contribution in [1.29, 1.82) is 0 Å². The number of nitrogens with one attached hydrogen (secondary N) is 1. The van der Waals surface area contributed by atoms with E-state index in [1.165, 1.54) is 16.7 Å². The average Bonchev–Trinajstić information content (AvgIpc) is 3.24. The molecule has 3 unspecified atom stereocenters. The molecule has 152 valence electrons. The van der Waals surface area contributed by atoms with Crippen LogP contribution in [0, 0.1) is 12.8 Å². The number of methoxy groups -OCH3 is 1. The number of amides is 2. The Morgan fingerprint density at radius 3 is 2.47 bits per heavy atom. The van der Waals surface area contributed by atoms with Crippen LogP contribution in [0.15, 0.2) is 58.4 Å². The van der Waals surface area contributed by atoms with Crippen LogP contribution in [0.3, 0.4) is 0 Å². The number of fused-ring (bicyclic) bond motifs is 2. The maximum atomic E-state index is 13.6. The number of benzene rings is 2. The Hall–Kier alpha value is -2.84. The molecule has 0 spiro atoms. The van der Waals surface area contributed by atoms with Crippen molar-refractivity contribution >= 4 is 40.6 Å². The first-order chi connectivity index (χ1) is 14.5. The summed E-state index contributed by atoms with van der Waals surface area (Å²) in [5, 5.41) is 0.0560. The van der Waals surface area contributed by atoms with E-state index >= 15 is 0 Å². The number of hydrogen-bond acceptors (Lipinski definition) is 6. The number of aryl methyl sites for hydroxylation is 1. The standard InChI is InChI=1S/C22H18N2O4S2/c1-11-7-9-12(10-8-11)24-20(25)16-15(13-5-3-4-6-14(13)28-2)17-19(23-22(27)30-17)29-18(16)21(24)26/h3-10,15-16,18H,1-2H3,(H,23,27). The quantitative estimate of drug-likeness (QED) is 0.633. The van der Waals surface area contributed by atoms with Gasteiger partial charge in [0.2, 0.25) is 11.8 Å². The van der Waals surface area contributed by atoms with Crippen LogP contribution in [0.5, 0.6) is 5.75 Å². The van der Waals surface area contributed by atoms with E-state index in [9.17, 15) is 14.4 Å². The van der Waals surface area contributed by atoms with Crippen LogP contribution in [0.4, 0.5) is 5.69 Å². The van der Waals surface area contributed by atoms with E-state index in [0.29, 0.717) is 16.5 Å². The number of thioether (sulfide) groups is 1. The molecular formula is C22H18N2O4S2. The summed E-state index contributed by atoms with van der Waals surface area (Å²) in [6, 6.07) is 14.8. The first-order valence-corrected chi connectivity index (χ1v) is 11.2. The van der Waals surface area contributed by atoms with Gasteiger partial charge in [0.15, 0.2) is 0 Å². The monoisotopic (exact) mass is 438 g/mol. The number of thiazole rings is 1. The minimum atomic E-state index is -0.612. The third-order valence-corrected chi connectivity index (χ3v) is 7.99. The minimum Gasteiger partial charge on any atom is -0.496 e. The predicted molar refractivity (Wildman–Crippen MR) is 117 cm³/mol. The molecule has 0 aliphatic carbocycles. The van der Waals surface area contributed by atoms with Gasteiger partial charge in [-0.25, -0.2) is 4.90 Å². The minimum absolute atomic E-state index is 0.192. The van der Waals surface area contributed by atoms with Crippen LogP contribution in [-0.2, 0) is 9.59 Å². The van der Waals surface area contributed by atoms with Crippen molar-refractivity contribution in [2.45, 2.75) is 23.1 Å². The second kappa shape index (κ2) is 7.14. The number of carbonyl (C=O) groups excluding carboxylic acids is 2. The molecule has 1 saturated heterocycles. The molecule has 2 aliphatic rings. The van der Waals surface area contributed by atoms with Crippen molar-refractivity contribution in [3.8, 4) is 5.75 Å². The number of para-hydroxylation sites is 1. The van der Waals surface area contributed by atoms with Gasteiger partial charge in [-0.3, -0.25) is 14.4 Å². The van der Waals surface area contributed by atoms with Crippen molar-refractivity contribution in [3.05, 3.63) is 74.2 Å². The molecule has 0 radical (unpaired) electrons. The number of aromatic nitrogens is 1. The van der Waals surface area contributed by atoms with Crippen molar-refractivity contribution in [3.63, 3.8) is 0 Å². The lowest BCUT2D eigenvalue weighted by atomic mass is 9.82. The van der Waals surface area contributed by atoms with Crippen molar-refractivity contribution in [2.75, 3.05) is 12.0 Å². The number of rotatable bonds is 3. The summed E-state index contributed by atoms with van der Waals surface area (Å²) >= 11 is 2.37. The van der Waals surface area contributed by atoms with E-state index in [2.05, 4.69) is 4.98 Å². The van der Waals surface area contributed by atoms with Crippen molar-refractivity contribution in [1.82, 2.24) is 4.98 Å². The van der Waals surface area contributed by atoms with Gasteiger partial charge in [-0.1, -0.05) is 59.0 Å². The largest absolute Gasteiger partial charge is 0.496 e. The number of imide groups is 1. The summed E-state index contributed by atoms with van der Waals surface area (Å²) in [6.45, 7) is 1.96. The van der Waals surface area contributed by atoms with E-state index in [1.54, 1.807) is 19.2 Å². The zero-order valence-corrected chi connectivity index (χ0v) is 17.9. The molecule has 3 atom stereocenters. The van der Waals surface area contributed by atoms with E-state index < -0.39 is 17.1 Å². The molecule has 3 heterocycles. The fraction of sp³-hybridized carbons (Fsp3) is 0.227. The molecule has 2 amide bonds. The highest BCUT2D eigenvalue weighted by Gasteiger charge is 2.56. The molecule has 3 aromatic rings. The Morgan fingerprint density at radius 1 is 1.00 bits per heavy atom. The zero-order valence-electron chi connectivity index (χ0n) is 16.2. The van der Waals surface area contributed by atoms with E-state index in [4.69, 9.17) is 4.74 Å². The summed E-state index contributed by atoms with van der Waals surface area (Å²) in [5.41, 5.74) is 2.43. The lowest BCUT2D eigenvalue weighted by Gasteiger charge is -2.30. The highest BCUT2D eigenvalue weighted by Crippen LogP contribution is 2.54. The Morgan fingerprint density at radius 2 is 1.73 bits per heavy atom. The van der Waals surface area contributed by atoms with Crippen LogP contribution in [0.25, 0.3) is 0 Å². The molecule has 1 aromatic heterocycles. The lowest BCUT2D eigenvalue weighted by molar-refractivity contribution is -0.122. The van der Waals surface area contributed by atoms with Crippen LogP contribution in [0.1, 0.15) is 21.9 Å². The van der Waals surface area contributed by atoms with Crippen LogP contribution >= 0.6 is 23.1 Å². The number of H-pyrrole nitrogens is 1. The summed E-state index contributed by atoms with van der Waals surface area (Å²) in [7, 11) is 1.58. The second-order valence-electron chi connectivity index (χ2n) is 7.34. The van der Waals surface area contributed by atoms with E-state index in [0.717, 1.165) is 27.3 Å². The topological polar surface area (TPSA) is 79.5 Å². The lowest BCUT2D eigenvalue weighted by Crippen LogP contribution is -2.32. The summed E-state index contributed by atoms with van der Waals surface area (Å²) in [4.78, 5) is 43.8. The van der Waals surface area contributed by atoms with Gasteiger partial charge in [0.05, 0.1) is 23.7 Å². The molecule has 2 aromatic carbocycles. The SMILES string of the molecule is COc1ccccc1C1c2sc(=O)[nH]c2SC2C(=O)N(c3ccc(C)cc3)C(=O)C21. The fourth-order valence-corrected chi connectivity index (χ4v) is 6.73. The smallest absolute Gasteiger partial charge is 0.305 e. The van der Waals surface area contributed by atoms with Gasteiger partial charge in [0, 0.05) is 16.4 Å². The van der Waals surface area contributed by atoms with Gasteiger partial charge in [-0.05, 0) is 25.1 Å². The summed E-state index contributed by atoms with van der Waals surface area (Å²) < 4.78 is 5.56. The number of nitrogens with zero attached hydrogens (tertiary/aromatic N) is 1. The molecule has 0 bridgehead atoms. The zero-order chi connectivity index (χ0) is 21.0. The third-order valence-electron chi connectivity index (χ3n) is 5.59. The van der Waals surface area contributed by atoms with Gasteiger partial charge >= 0.3 is 4.87 Å². The number of anilines is 1. The van der Waals surface area contributed by atoms with Crippen molar-refractivity contribution in [2.24, 2.45) is 5.92 Å². The highest BCUT2D eigenvalue weighted by atomic mass is 32.2. The molecule has 8 heteroatoms. The molecule has 30 heavy (non-hydrogen) atoms. The van der Waals surface area contributed by atoms with Crippen LogP contribution in [0.2, 0.25) is 0 Å². The Balaban J connectivity index is 1.67. The van der Waals surface area contributed by atoms with Gasteiger partial charge in [-0.2, -0.15) is 0 Å². The molecule has 1 N–H and O–H groups in total. The van der Waals surface area contributed by atoms with Gasteiger partial charge in [0.25, 0.3) is 0 Å². The number of ether oxygens (including phenoxy) is 1. The average molecular weight is 439 g/mol. The second-order valence-corrected chi connectivity index (χ2v) is 9.51. The predicted octanol–water partition coefficient (Wildman–Crippen LogP) is 3.55. The van der Waals surface area contributed by atoms with E-state index in [1.807, 2.05) is 43.3 Å². The summed E-state index contributed by atoms with van der Waals surface area (Å²) in [6.07, 6.45) is 0. The summed E-state index contributed by atoms with van der Waals surface area (Å²) in [5.74, 6) is -0.911. The Kier molecular flexibility index (Phi) is 4.56. The third kappa shape index (κ3) is 2.82. The number of aromatic amines is 1. The first kappa shape index (κ1) is 19.1. The van der Waals surface area contributed by atoms with Crippen LogP contribution in [-0.4, -0.2) is 29.2 Å². The maximum Gasteiger partial charge on any atom is 0.305 e. The molecule has 1 fully saturated rings. The normalized spacial score (nSPS) is 22.7. The number of hydrogen-bond donors (Lipinski definition) is 1. The molecule has 2 aliphatic heterocycles. The number of carbonyl (C=O) groups is 2. The molecule has 0 saturated carbocycles. The first-order valence-electron chi connectivity index (χ1n) is 9.46. The van der Waals surface area contributed by atoms with E-state index in [-0.39, 0.29) is 16.7 Å². The highest BCUT2D eigenvalue weighted by molar-refractivity contribution is 8.00. The molecule has 5 rings (SSSR count).